The van der Waals surface area contributed by atoms with Gasteiger partial charge >= 0.3 is 0 Å². The zero-order chi connectivity index (χ0) is 14.9. The van der Waals surface area contributed by atoms with Crippen LogP contribution in [0.2, 0.25) is 0 Å². The summed E-state index contributed by atoms with van der Waals surface area (Å²) in [5, 5.41) is 0.612. The molecule has 1 aromatic heterocycles. The number of furan rings is 1. The SMILES string of the molecule is CCOC1(C(=O)c2cc3cccc(F)c3o2)CCCCC1. The first-order valence-corrected chi connectivity index (χ1v) is 7.53. The summed E-state index contributed by atoms with van der Waals surface area (Å²) in [4.78, 5) is 12.9. The monoisotopic (exact) mass is 290 g/mol. The van der Waals surface area contributed by atoms with E-state index >= 15 is 0 Å². The predicted molar refractivity (Wildman–Crippen MR) is 77.9 cm³/mol. The minimum atomic E-state index is -0.794. The Hall–Kier alpha value is -1.68. The molecule has 1 aliphatic carbocycles. The first kappa shape index (κ1) is 14.3. The lowest BCUT2D eigenvalue weighted by Gasteiger charge is -2.34. The standard InChI is InChI=1S/C17H19FO3/c1-2-20-17(9-4-3-5-10-17)16(19)14-11-12-7-6-8-13(18)15(12)21-14/h6-8,11H,2-5,9-10H2,1H3. The van der Waals surface area contributed by atoms with Crippen LogP contribution in [0.5, 0.6) is 0 Å². The van der Waals surface area contributed by atoms with Gasteiger partial charge in [-0.25, -0.2) is 4.39 Å². The van der Waals surface area contributed by atoms with Crippen molar-refractivity contribution in [3.8, 4) is 0 Å². The highest BCUT2D eigenvalue weighted by molar-refractivity contribution is 6.03. The van der Waals surface area contributed by atoms with E-state index in [1.165, 1.54) is 6.07 Å². The molecule has 2 aromatic rings. The van der Waals surface area contributed by atoms with E-state index in [4.69, 9.17) is 9.15 Å². The molecule has 0 aliphatic heterocycles. The number of para-hydroxylation sites is 1. The summed E-state index contributed by atoms with van der Waals surface area (Å²) >= 11 is 0. The van der Waals surface area contributed by atoms with E-state index in [9.17, 15) is 9.18 Å². The van der Waals surface area contributed by atoms with E-state index in [0.717, 1.165) is 19.3 Å². The predicted octanol–water partition coefficient (Wildman–Crippen LogP) is 4.49. The zero-order valence-corrected chi connectivity index (χ0v) is 12.2. The molecule has 0 spiro atoms. The van der Waals surface area contributed by atoms with Gasteiger partial charge in [0.1, 0.15) is 5.60 Å². The van der Waals surface area contributed by atoms with Crippen LogP contribution in [0.15, 0.2) is 28.7 Å². The minimum absolute atomic E-state index is 0.142. The Morgan fingerprint density at radius 1 is 1.33 bits per heavy atom. The van der Waals surface area contributed by atoms with Crippen molar-refractivity contribution in [2.75, 3.05) is 6.61 Å². The summed E-state index contributed by atoms with van der Waals surface area (Å²) in [6, 6.07) is 6.31. The van der Waals surface area contributed by atoms with Crippen LogP contribution in [-0.4, -0.2) is 18.0 Å². The number of carbonyl (C=O) groups is 1. The van der Waals surface area contributed by atoms with Gasteiger partial charge in [0.25, 0.3) is 0 Å². The normalized spacial score (nSPS) is 18.0. The summed E-state index contributed by atoms with van der Waals surface area (Å²) in [5.41, 5.74) is -0.652. The highest BCUT2D eigenvalue weighted by Crippen LogP contribution is 2.36. The number of hydrogen-bond acceptors (Lipinski definition) is 3. The largest absolute Gasteiger partial charge is 0.450 e. The van der Waals surface area contributed by atoms with Gasteiger partial charge in [0, 0.05) is 12.0 Å². The van der Waals surface area contributed by atoms with Crippen LogP contribution in [-0.2, 0) is 4.74 Å². The van der Waals surface area contributed by atoms with E-state index < -0.39 is 11.4 Å². The molecular weight excluding hydrogens is 271 g/mol. The third-order valence-corrected chi connectivity index (χ3v) is 4.22. The summed E-state index contributed by atoms with van der Waals surface area (Å²) < 4.78 is 25.0. The molecule has 0 N–H and O–H groups in total. The topological polar surface area (TPSA) is 39.4 Å². The molecule has 1 fully saturated rings. The lowest BCUT2D eigenvalue weighted by Crippen LogP contribution is -2.43. The first-order chi connectivity index (χ1) is 10.2. The fraction of sp³-hybridized carbons (Fsp3) is 0.471. The Morgan fingerprint density at radius 3 is 2.76 bits per heavy atom. The number of ether oxygens (including phenoxy) is 1. The molecule has 112 valence electrons. The number of carbonyl (C=O) groups excluding carboxylic acids is 1. The molecular formula is C17H19FO3. The number of fused-ring (bicyclic) bond motifs is 1. The van der Waals surface area contributed by atoms with E-state index in [-0.39, 0.29) is 17.1 Å². The van der Waals surface area contributed by atoms with Crippen LogP contribution in [0.1, 0.15) is 49.6 Å². The van der Waals surface area contributed by atoms with Crippen LogP contribution >= 0.6 is 0 Å². The highest BCUT2D eigenvalue weighted by Gasteiger charge is 2.42. The summed E-state index contributed by atoms with van der Waals surface area (Å²) in [6.45, 7) is 2.38. The van der Waals surface area contributed by atoms with Gasteiger partial charge in [-0.05, 0) is 31.9 Å². The second-order valence-electron chi connectivity index (χ2n) is 5.59. The van der Waals surface area contributed by atoms with Crippen LogP contribution in [0.4, 0.5) is 4.39 Å². The molecule has 21 heavy (non-hydrogen) atoms. The molecule has 3 rings (SSSR count). The van der Waals surface area contributed by atoms with Gasteiger partial charge in [-0.3, -0.25) is 4.79 Å². The first-order valence-electron chi connectivity index (χ1n) is 7.53. The number of Topliss-reactive ketones (excluding diaryl/α,β-unsaturated/α-hetero) is 1. The Balaban J connectivity index is 1.99. The van der Waals surface area contributed by atoms with Gasteiger partial charge in [0.05, 0.1) is 0 Å². The van der Waals surface area contributed by atoms with Gasteiger partial charge in [-0.1, -0.05) is 31.4 Å². The van der Waals surface area contributed by atoms with Gasteiger partial charge in [-0.2, -0.15) is 0 Å². The third-order valence-electron chi connectivity index (χ3n) is 4.22. The average molecular weight is 290 g/mol. The van der Waals surface area contributed by atoms with Crippen LogP contribution in [0, 0.1) is 5.82 Å². The van der Waals surface area contributed by atoms with Crippen molar-refractivity contribution in [2.45, 2.75) is 44.6 Å². The van der Waals surface area contributed by atoms with Crippen molar-refractivity contribution < 1.29 is 18.3 Å². The fourth-order valence-electron chi connectivity index (χ4n) is 3.20. The van der Waals surface area contributed by atoms with Crippen molar-refractivity contribution in [2.24, 2.45) is 0 Å². The van der Waals surface area contributed by atoms with Gasteiger partial charge in [0.15, 0.2) is 17.2 Å². The van der Waals surface area contributed by atoms with Gasteiger partial charge < -0.3 is 9.15 Å². The number of ketones is 1. The van der Waals surface area contributed by atoms with Crippen molar-refractivity contribution in [1.29, 1.82) is 0 Å². The van der Waals surface area contributed by atoms with Gasteiger partial charge in [0.2, 0.25) is 5.78 Å². The maximum absolute atomic E-state index is 13.7. The Kier molecular flexibility index (Phi) is 3.81. The fourth-order valence-corrected chi connectivity index (χ4v) is 3.20. The Morgan fingerprint density at radius 2 is 2.10 bits per heavy atom. The number of benzene rings is 1. The van der Waals surface area contributed by atoms with Crippen molar-refractivity contribution >= 4 is 16.8 Å². The van der Waals surface area contributed by atoms with E-state index in [1.54, 1.807) is 18.2 Å². The van der Waals surface area contributed by atoms with E-state index in [2.05, 4.69) is 0 Å². The Labute approximate surface area is 123 Å². The molecule has 1 aromatic carbocycles. The zero-order valence-electron chi connectivity index (χ0n) is 12.2. The molecule has 1 aliphatic rings. The van der Waals surface area contributed by atoms with Crippen molar-refractivity contribution in [3.63, 3.8) is 0 Å². The average Bonchev–Trinajstić information content (AvgIpc) is 2.93. The second kappa shape index (κ2) is 5.60. The molecule has 0 amide bonds. The Bertz CT molecular complexity index is 648. The van der Waals surface area contributed by atoms with Crippen molar-refractivity contribution in [3.05, 3.63) is 35.8 Å². The van der Waals surface area contributed by atoms with E-state index in [1.807, 2.05) is 6.92 Å². The lowest BCUT2D eigenvalue weighted by atomic mass is 9.80. The molecule has 0 bridgehead atoms. The minimum Gasteiger partial charge on any atom is -0.450 e. The molecule has 4 heteroatoms. The number of hydrogen-bond donors (Lipinski definition) is 0. The van der Waals surface area contributed by atoms with E-state index in [0.29, 0.717) is 24.8 Å². The molecule has 0 radical (unpaired) electrons. The maximum atomic E-state index is 13.7. The maximum Gasteiger partial charge on any atom is 0.229 e. The molecule has 1 saturated carbocycles. The smallest absolute Gasteiger partial charge is 0.229 e. The molecule has 1 heterocycles. The molecule has 3 nitrogen and oxygen atoms in total. The summed E-state index contributed by atoms with van der Waals surface area (Å²) in [6.07, 6.45) is 4.48. The number of rotatable bonds is 4. The van der Waals surface area contributed by atoms with Crippen LogP contribution in [0.25, 0.3) is 11.0 Å². The molecule has 0 saturated heterocycles. The van der Waals surface area contributed by atoms with Crippen LogP contribution < -0.4 is 0 Å². The lowest BCUT2D eigenvalue weighted by molar-refractivity contribution is -0.0424. The van der Waals surface area contributed by atoms with Crippen molar-refractivity contribution in [1.82, 2.24) is 0 Å². The summed E-state index contributed by atoms with van der Waals surface area (Å²) in [7, 11) is 0. The molecule has 0 unspecified atom stereocenters. The molecule has 0 atom stereocenters. The number of halogens is 1. The quantitative estimate of drug-likeness (QED) is 0.779. The third kappa shape index (κ3) is 2.48. The summed E-state index contributed by atoms with van der Waals surface area (Å²) in [5.74, 6) is -0.397. The second-order valence-corrected chi connectivity index (χ2v) is 5.59. The van der Waals surface area contributed by atoms with Gasteiger partial charge in [-0.15, -0.1) is 0 Å². The van der Waals surface area contributed by atoms with Crippen LogP contribution in [0.3, 0.4) is 0 Å². The highest BCUT2D eigenvalue weighted by atomic mass is 19.1.